The third-order valence-corrected chi connectivity index (χ3v) is 2.79. The summed E-state index contributed by atoms with van der Waals surface area (Å²) in [5.74, 6) is 2.08. The fourth-order valence-electron chi connectivity index (χ4n) is 1.54. The average Bonchev–Trinajstić information content (AvgIpc) is 2.44. The van der Waals surface area contributed by atoms with Gasteiger partial charge in [0.25, 0.3) is 0 Å². The second-order valence-corrected chi connectivity index (χ2v) is 4.48. The number of hydrogen-bond acceptors (Lipinski definition) is 4. The summed E-state index contributed by atoms with van der Waals surface area (Å²) in [5, 5.41) is 0. The largest absolute Gasteiger partial charge is 0.493 e. The van der Waals surface area contributed by atoms with Crippen LogP contribution in [0.2, 0.25) is 0 Å². The zero-order valence-corrected chi connectivity index (χ0v) is 12.4. The van der Waals surface area contributed by atoms with Gasteiger partial charge in [-0.25, -0.2) is 0 Å². The van der Waals surface area contributed by atoms with E-state index in [4.69, 9.17) is 25.8 Å². The Morgan fingerprint density at radius 3 is 2.42 bits per heavy atom. The Balaban J connectivity index is 2.18. The summed E-state index contributed by atoms with van der Waals surface area (Å²) >= 11 is 5.53. The van der Waals surface area contributed by atoms with Crippen LogP contribution in [0, 0.1) is 0 Å². The first-order valence-electron chi connectivity index (χ1n) is 6.36. The molecule has 0 N–H and O–H groups in total. The van der Waals surface area contributed by atoms with Crippen LogP contribution in [0.15, 0.2) is 24.3 Å². The Kier molecular flexibility index (Phi) is 8.38. The van der Waals surface area contributed by atoms with Crippen molar-refractivity contribution in [1.82, 2.24) is 4.90 Å². The maximum atomic E-state index is 5.70. The number of alkyl halides is 1. The molecule has 0 saturated carbocycles. The van der Waals surface area contributed by atoms with E-state index >= 15 is 0 Å². The molecule has 0 atom stereocenters. The maximum absolute atomic E-state index is 5.70. The summed E-state index contributed by atoms with van der Waals surface area (Å²) in [7, 11) is 3.68. The normalized spacial score (nSPS) is 10.7. The van der Waals surface area contributed by atoms with Crippen LogP contribution in [0.1, 0.15) is 0 Å². The van der Waals surface area contributed by atoms with Gasteiger partial charge in [0.15, 0.2) is 11.5 Å². The highest BCUT2D eigenvalue weighted by Gasteiger charge is 2.03. The van der Waals surface area contributed by atoms with Gasteiger partial charge >= 0.3 is 0 Å². The second-order valence-electron chi connectivity index (χ2n) is 4.10. The summed E-state index contributed by atoms with van der Waals surface area (Å²) in [5.41, 5.74) is 0. The molecule has 0 aliphatic carbocycles. The van der Waals surface area contributed by atoms with Gasteiger partial charge in [-0.2, -0.15) is 0 Å². The van der Waals surface area contributed by atoms with Crippen molar-refractivity contribution in [3.05, 3.63) is 24.3 Å². The molecular weight excluding hydrogens is 266 g/mol. The number of halogens is 1. The van der Waals surface area contributed by atoms with Crippen LogP contribution >= 0.6 is 11.6 Å². The lowest BCUT2D eigenvalue weighted by Gasteiger charge is -2.17. The topological polar surface area (TPSA) is 30.9 Å². The standard InChI is InChI=1S/C14H22ClNO3/c1-16(8-11-18-10-7-15)9-12-19-14-6-4-3-5-13(14)17-2/h3-6H,7-12H2,1-2H3. The van der Waals surface area contributed by atoms with Crippen molar-refractivity contribution in [2.45, 2.75) is 0 Å². The van der Waals surface area contributed by atoms with Crippen LogP contribution in [0.25, 0.3) is 0 Å². The Morgan fingerprint density at radius 1 is 1.05 bits per heavy atom. The molecule has 0 bridgehead atoms. The van der Waals surface area contributed by atoms with Crippen LogP contribution < -0.4 is 9.47 Å². The zero-order valence-electron chi connectivity index (χ0n) is 11.6. The first-order valence-corrected chi connectivity index (χ1v) is 6.89. The molecular formula is C14H22ClNO3. The molecule has 0 fully saturated rings. The van der Waals surface area contributed by atoms with Gasteiger partial charge in [-0.15, -0.1) is 11.6 Å². The molecule has 0 unspecified atom stereocenters. The lowest BCUT2D eigenvalue weighted by atomic mass is 10.3. The van der Waals surface area contributed by atoms with Crippen LogP contribution in [0.3, 0.4) is 0 Å². The molecule has 0 saturated heterocycles. The van der Waals surface area contributed by atoms with Gasteiger partial charge in [0.05, 0.1) is 20.3 Å². The highest BCUT2D eigenvalue weighted by molar-refractivity contribution is 6.17. The van der Waals surface area contributed by atoms with Crippen molar-refractivity contribution in [2.24, 2.45) is 0 Å². The maximum Gasteiger partial charge on any atom is 0.161 e. The predicted octanol–water partition coefficient (Wildman–Crippen LogP) is 2.26. The van der Waals surface area contributed by atoms with E-state index < -0.39 is 0 Å². The molecule has 1 aromatic rings. The molecule has 4 nitrogen and oxygen atoms in total. The Morgan fingerprint density at radius 2 is 1.74 bits per heavy atom. The van der Waals surface area contributed by atoms with E-state index in [1.807, 2.05) is 31.3 Å². The smallest absolute Gasteiger partial charge is 0.161 e. The minimum atomic E-state index is 0.542. The molecule has 19 heavy (non-hydrogen) atoms. The number of para-hydroxylation sites is 2. The SMILES string of the molecule is COc1ccccc1OCCN(C)CCOCCCl. The third-order valence-electron chi connectivity index (χ3n) is 2.64. The number of hydrogen-bond donors (Lipinski definition) is 0. The molecule has 108 valence electrons. The van der Waals surface area contributed by atoms with Crippen LogP contribution in [-0.2, 0) is 4.74 Å². The highest BCUT2D eigenvalue weighted by atomic mass is 35.5. The molecule has 5 heteroatoms. The summed E-state index contributed by atoms with van der Waals surface area (Å²) in [6, 6.07) is 7.65. The summed E-state index contributed by atoms with van der Waals surface area (Å²) in [4.78, 5) is 2.16. The Hall–Kier alpha value is -0.970. The fraction of sp³-hybridized carbons (Fsp3) is 0.571. The first kappa shape index (κ1) is 16.1. The van der Waals surface area contributed by atoms with Gasteiger partial charge in [0.2, 0.25) is 0 Å². The summed E-state index contributed by atoms with van der Waals surface area (Å²) < 4.78 is 16.2. The number of ether oxygens (including phenoxy) is 3. The predicted molar refractivity (Wildman–Crippen MR) is 77.5 cm³/mol. The van der Waals surface area contributed by atoms with Crippen molar-refractivity contribution in [3.8, 4) is 11.5 Å². The van der Waals surface area contributed by atoms with E-state index in [1.165, 1.54) is 0 Å². The lowest BCUT2D eigenvalue weighted by Crippen LogP contribution is -2.28. The molecule has 0 amide bonds. The summed E-state index contributed by atoms with van der Waals surface area (Å²) in [6.07, 6.45) is 0. The zero-order chi connectivity index (χ0) is 13.9. The number of likely N-dealkylation sites (N-methyl/N-ethyl adjacent to an activating group) is 1. The van der Waals surface area contributed by atoms with E-state index in [2.05, 4.69) is 4.90 Å². The first-order chi connectivity index (χ1) is 9.27. The molecule has 1 aromatic carbocycles. The van der Waals surface area contributed by atoms with Crippen molar-refractivity contribution in [1.29, 1.82) is 0 Å². The van der Waals surface area contributed by atoms with Gasteiger partial charge in [0, 0.05) is 19.0 Å². The van der Waals surface area contributed by atoms with Crippen LogP contribution in [0.5, 0.6) is 11.5 Å². The van der Waals surface area contributed by atoms with Crippen LogP contribution in [0.4, 0.5) is 0 Å². The number of rotatable bonds is 10. The molecule has 1 rings (SSSR count). The van der Waals surface area contributed by atoms with E-state index in [0.717, 1.165) is 24.6 Å². The fourth-order valence-corrected chi connectivity index (χ4v) is 1.65. The van der Waals surface area contributed by atoms with Crippen molar-refractivity contribution in [3.63, 3.8) is 0 Å². The highest BCUT2D eigenvalue weighted by Crippen LogP contribution is 2.25. The lowest BCUT2D eigenvalue weighted by molar-refractivity contribution is 0.117. The molecule has 0 radical (unpaired) electrons. The minimum Gasteiger partial charge on any atom is -0.493 e. The molecule has 0 aliphatic heterocycles. The van der Waals surface area contributed by atoms with E-state index in [9.17, 15) is 0 Å². The van der Waals surface area contributed by atoms with E-state index in [-0.39, 0.29) is 0 Å². The minimum absolute atomic E-state index is 0.542. The van der Waals surface area contributed by atoms with E-state index in [0.29, 0.717) is 25.7 Å². The number of methoxy groups -OCH3 is 1. The van der Waals surface area contributed by atoms with Gasteiger partial charge in [0.1, 0.15) is 6.61 Å². The Bertz CT molecular complexity index is 349. The van der Waals surface area contributed by atoms with E-state index in [1.54, 1.807) is 7.11 Å². The molecule has 0 spiro atoms. The second kappa shape index (κ2) is 9.89. The molecule has 0 aliphatic rings. The third kappa shape index (κ3) is 6.66. The van der Waals surface area contributed by atoms with Gasteiger partial charge in [-0.3, -0.25) is 0 Å². The van der Waals surface area contributed by atoms with Crippen molar-refractivity contribution < 1.29 is 14.2 Å². The van der Waals surface area contributed by atoms with Crippen LogP contribution in [-0.4, -0.2) is 57.8 Å². The Labute approximate surface area is 120 Å². The monoisotopic (exact) mass is 287 g/mol. The number of nitrogens with zero attached hydrogens (tertiary/aromatic N) is 1. The average molecular weight is 288 g/mol. The van der Waals surface area contributed by atoms with Crippen molar-refractivity contribution in [2.75, 3.05) is 52.9 Å². The number of benzene rings is 1. The van der Waals surface area contributed by atoms with Gasteiger partial charge in [-0.1, -0.05) is 12.1 Å². The molecule has 0 aromatic heterocycles. The van der Waals surface area contributed by atoms with Crippen molar-refractivity contribution >= 4 is 11.6 Å². The van der Waals surface area contributed by atoms with Gasteiger partial charge < -0.3 is 19.1 Å². The van der Waals surface area contributed by atoms with Gasteiger partial charge in [-0.05, 0) is 19.2 Å². The quantitative estimate of drug-likeness (QED) is 0.488. The molecule has 0 heterocycles. The summed E-state index contributed by atoms with van der Waals surface area (Å²) in [6.45, 7) is 3.62.